The molecule has 180 valence electrons. The van der Waals surface area contributed by atoms with E-state index in [4.69, 9.17) is 4.99 Å². The van der Waals surface area contributed by atoms with Crippen molar-refractivity contribution >= 4 is 28.6 Å². The first kappa shape index (κ1) is 23.6. The van der Waals surface area contributed by atoms with Crippen molar-refractivity contribution in [2.45, 2.75) is 41.4 Å². The van der Waals surface area contributed by atoms with Gasteiger partial charge in [0, 0.05) is 12.1 Å². The highest BCUT2D eigenvalue weighted by Gasteiger charge is 2.64. The number of benzene rings is 4. The molecule has 1 spiro atoms. The number of hydrogen-bond acceptors (Lipinski definition) is 4. The van der Waals surface area contributed by atoms with Crippen LogP contribution in [0.15, 0.2) is 126 Å². The first-order chi connectivity index (χ1) is 17.6. The van der Waals surface area contributed by atoms with Gasteiger partial charge in [0.1, 0.15) is 4.08 Å². The van der Waals surface area contributed by atoms with Crippen molar-refractivity contribution in [3.05, 3.63) is 144 Å². The average Bonchev–Trinajstić information content (AvgIpc) is 3.39. The fraction of sp³-hybridized carbons (Fsp3) is 0.219. The Labute approximate surface area is 222 Å². The second-order valence-corrected chi connectivity index (χ2v) is 12.8. The lowest BCUT2D eigenvalue weighted by atomic mass is 9.88. The smallest absolute Gasteiger partial charge is 0.113 e. The van der Waals surface area contributed by atoms with E-state index >= 15 is 0 Å². The topological polar surface area (TPSA) is 15.6 Å². The molecule has 4 aromatic rings. The Kier molecular flexibility index (Phi) is 6.28. The van der Waals surface area contributed by atoms with Crippen LogP contribution in [0.4, 0.5) is 0 Å². The second kappa shape index (κ2) is 9.59. The first-order valence-corrected chi connectivity index (χ1v) is 14.2. The molecular weight excluding hydrogens is 477 g/mol. The largest absolute Gasteiger partial charge is 0.274 e. The molecule has 0 unspecified atom stereocenters. The number of rotatable bonds is 5. The molecule has 4 aromatic carbocycles. The summed E-state index contributed by atoms with van der Waals surface area (Å²) in [6.45, 7) is 5.53. The molecule has 2 aliphatic heterocycles. The zero-order chi connectivity index (χ0) is 24.6. The Morgan fingerprint density at radius 3 is 1.83 bits per heavy atom. The molecule has 4 heteroatoms. The molecule has 2 nitrogen and oxygen atoms in total. The second-order valence-electron chi connectivity index (χ2n) is 9.96. The fourth-order valence-electron chi connectivity index (χ4n) is 5.43. The van der Waals surface area contributed by atoms with E-state index in [0.29, 0.717) is 0 Å². The van der Waals surface area contributed by atoms with E-state index < -0.39 is 0 Å². The predicted octanol–water partition coefficient (Wildman–Crippen LogP) is 8.34. The molecule has 0 radical (unpaired) electrons. The number of nitrogens with zero attached hydrogens (tertiary/aromatic N) is 2. The van der Waals surface area contributed by atoms with E-state index in [0.717, 1.165) is 11.6 Å². The van der Waals surface area contributed by atoms with Gasteiger partial charge in [0.05, 0.1) is 22.0 Å². The molecule has 0 amide bonds. The van der Waals surface area contributed by atoms with Crippen molar-refractivity contribution in [3.63, 3.8) is 0 Å². The normalized spacial score (nSPS) is 25.2. The molecule has 2 aliphatic rings. The molecule has 0 aromatic heterocycles. The minimum absolute atomic E-state index is 0.180. The Morgan fingerprint density at radius 2 is 1.22 bits per heavy atom. The zero-order valence-electron chi connectivity index (χ0n) is 20.6. The number of thioether (sulfide) groups is 2. The molecule has 6 rings (SSSR count). The summed E-state index contributed by atoms with van der Waals surface area (Å²) in [6.07, 6.45) is 0. The maximum Gasteiger partial charge on any atom is 0.113 e. The van der Waals surface area contributed by atoms with E-state index in [9.17, 15) is 0 Å². The van der Waals surface area contributed by atoms with Crippen LogP contribution in [0.3, 0.4) is 0 Å². The van der Waals surface area contributed by atoms with E-state index in [1.54, 1.807) is 0 Å². The molecule has 3 atom stereocenters. The van der Waals surface area contributed by atoms with Gasteiger partial charge in [-0.05, 0) is 30.5 Å². The van der Waals surface area contributed by atoms with Crippen LogP contribution in [0.25, 0.3) is 0 Å². The van der Waals surface area contributed by atoms with E-state index in [1.807, 2.05) is 11.8 Å². The van der Waals surface area contributed by atoms with Crippen molar-refractivity contribution in [1.82, 2.24) is 4.90 Å². The van der Waals surface area contributed by atoms with Crippen molar-refractivity contribution in [1.29, 1.82) is 0 Å². The Morgan fingerprint density at radius 1 is 0.694 bits per heavy atom. The molecule has 0 bridgehead atoms. The van der Waals surface area contributed by atoms with Gasteiger partial charge >= 0.3 is 0 Å². The van der Waals surface area contributed by atoms with E-state index in [2.05, 4.69) is 152 Å². The SMILES string of the molecule is CC1(C)N=C(c2ccccc2)S[C@@]12S[C@H](c1ccccc1)N(Cc1ccccc1)[C@@H]2c1ccccc1. The van der Waals surface area contributed by atoms with Crippen LogP contribution in [-0.4, -0.2) is 19.6 Å². The van der Waals surface area contributed by atoms with Gasteiger partial charge in [-0.1, -0.05) is 133 Å². The number of hydrogen-bond donors (Lipinski definition) is 0. The predicted molar refractivity (Wildman–Crippen MR) is 155 cm³/mol. The first-order valence-electron chi connectivity index (χ1n) is 12.5. The van der Waals surface area contributed by atoms with Gasteiger partial charge in [-0.2, -0.15) is 0 Å². The maximum atomic E-state index is 5.40. The quantitative estimate of drug-likeness (QED) is 0.270. The summed E-state index contributed by atoms with van der Waals surface area (Å²) in [5, 5.41) is 1.36. The number of aliphatic imine (C=N–C) groups is 1. The summed E-state index contributed by atoms with van der Waals surface area (Å²) in [5.74, 6) is 0. The van der Waals surface area contributed by atoms with Crippen molar-refractivity contribution < 1.29 is 0 Å². The molecule has 36 heavy (non-hydrogen) atoms. The van der Waals surface area contributed by atoms with Crippen molar-refractivity contribution in [3.8, 4) is 0 Å². The van der Waals surface area contributed by atoms with Crippen LogP contribution < -0.4 is 0 Å². The lowest BCUT2D eigenvalue weighted by Gasteiger charge is -2.41. The molecular formula is C32H30N2S2. The Bertz CT molecular complexity index is 1340. The minimum Gasteiger partial charge on any atom is -0.274 e. The third-order valence-electron chi connectivity index (χ3n) is 7.19. The molecule has 1 fully saturated rings. The lowest BCUT2D eigenvalue weighted by molar-refractivity contribution is 0.166. The summed E-state index contributed by atoms with van der Waals surface area (Å²) < 4.78 is -0.186. The summed E-state index contributed by atoms with van der Waals surface area (Å²) >= 11 is 4.05. The van der Waals surface area contributed by atoms with Gasteiger partial charge in [0.2, 0.25) is 0 Å². The third kappa shape index (κ3) is 4.11. The van der Waals surface area contributed by atoms with Gasteiger partial charge in [-0.15, -0.1) is 11.8 Å². The highest BCUT2D eigenvalue weighted by atomic mass is 32.2. The molecule has 1 saturated heterocycles. The van der Waals surface area contributed by atoms with Gasteiger partial charge in [-0.25, -0.2) is 0 Å². The highest BCUT2D eigenvalue weighted by molar-refractivity contribution is 8.27. The van der Waals surface area contributed by atoms with Crippen LogP contribution in [0.2, 0.25) is 0 Å². The summed E-state index contributed by atoms with van der Waals surface area (Å²) in [7, 11) is 0. The van der Waals surface area contributed by atoms with Crippen molar-refractivity contribution in [2.75, 3.05) is 0 Å². The van der Waals surface area contributed by atoms with Crippen LogP contribution in [0.5, 0.6) is 0 Å². The third-order valence-corrected chi connectivity index (χ3v) is 11.1. The summed E-state index contributed by atoms with van der Waals surface area (Å²) in [6, 6.07) is 43.8. The van der Waals surface area contributed by atoms with Crippen molar-refractivity contribution in [2.24, 2.45) is 4.99 Å². The standard InChI is InChI=1S/C32H30N2S2/c1-31(2)32(35-29(33-31)26-19-11-5-12-20-26)28(25-17-9-4-10-18-25)34(23-24-15-7-3-8-16-24)30(36-32)27-21-13-6-14-22-27/h3-22,28,30H,23H2,1-2H3/t28-,30-,32+/m1/s1. The van der Waals surface area contributed by atoms with Gasteiger partial charge in [0.25, 0.3) is 0 Å². The van der Waals surface area contributed by atoms with Crippen LogP contribution in [0.1, 0.15) is 47.5 Å². The maximum absolute atomic E-state index is 5.40. The molecule has 0 aliphatic carbocycles. The zero-order valence-corrected chi connectivity index (χ0v) is 22.3. The van der Waals surface area contributed by atoms with Gasteiger partial charge in [-0.3, -0.25) is 9.89 Å². The fourth-order valence-corrected chi connectivity index (χ4v) is 9.32. The lowest BCUT2D eigenvalue weighted by Crippen LogP contribution is -2.46. The van der Waals surface area contributed by atoms with E-state index in [-0.39, 0.29) is 21.0 Å². The Hall–Kier alpha value is -2.79. The molecule has 2 heterocycles. The van der Waals surface area contributed by atoms with Gasteiger partial charge < -0.3 is 0 Å². The molecule has 0 N–H and O–H groups in total. The minimum atomic E-state index is -0.271. The molecule has 0 saturated carbocycles. The monoisotopic (exact) mass is 506 g/mol. The van der Waals surface area contributed by atoms with Crippen LogP contribution in [-0.2, 0) is 6.54 Å². The van der Waals surface area contributed by atoms with Crippen LogP contribution >= 0.6 is 23.5 Å². The summed E-state index contributed by atoms with van der Waals surface area (Å²) in [4.78, 5) is 8.11. The average molecular weight is 507 g/mol. The van der Waals surface area contributed by atoms with E-state index in [1.165, 1.54) is 22.3 Å². The highest BCUT2D eigenvalue weighted by Crippen LogP contribution is 2.70. The van der Waals surface area contributed by atoms with Gasteiger partial charge in [0.15, 0.2) is 0 Å². The summed E-state index contributed by atoms with van der Waals surface area (Å²) in [5.41, 5.74) is 4.97. The Balaban J connectivity index is 1.51. The van der Waals surface area contributed by atoms with Crippen LogP contribution in [0, 0.1) is 0 Å².